The zero-order valence-electron chi connectivity index (χ0n) is 10.1. The lowest BCUT2D eigenvalue weighted by molar-refractivity contribution is 0.335. The van der Waals surface area contributed by atoms with Crippen LogP contribution in [0.5, 0.6) is 5.75 Å². The first-order valence-electron chi connectivity index (χ1n) is 5.79. The van der Waals surface area contributed by atoms with Crippen molar-refractivity contribution >= 4 is 10.0 Å². The molecule has 0 aromatic heterocycles. The number of sulfonamides is 1. The van der Waals surface area contributed by atoms with Gasteiger partial charge < -0.3 is 4.74 Å². The Balaban J connectivity index is 2.55. The van der Waals surface area contributed by atoms with Gasteiger partial charge in [-0.2, -0.15) is 0 Å². The van der Waals surface area contributed by atoms with E-state index < -0.39 is 10.0 Å². The summed E-state index contributed by atoms with van der Waals surface area (Å²) >= 11 is 0. The van der Waals surface area contributed by atoms with Gasteiger partial charge in [0.15, 0.2) is 0 Å². The van der Waals surface area contributed by atoms with Gasteiger partial charge in [-0.25, -0.2) is 13.1 Å². The molecule has 0 amide bonds. The van der Waals surface area contributed by atoms with Gasteiger partial charge in [-0.1, -0.05) is 6.07 Å². The molecular weight excluding hydrogens is 238 g/mol. The first kappa shape index (κ1) is 12.4. The van der Waals surface area contributed by atoms with Crippen molar-refractivity contribution in [3.63, 3.8) is 0 Å². The lowest BCUT2D eigenvalue weighted by Gasteiger charge is -2.14. The van der Waals surface area contributed by atoms with E-state index in [1.54, 1.807) is 12.1 Å². The minimum Gasteiger partial charge on any atom is -0.494 e. The maximum absolute atomic E-state index is 11.9. The number of benzene rings is 1. The topological polar surface area (TPSA) is 55.4 Å². The molecule has 1 aliphatic carbocycles. The van der Waals surface area contributed by atoms with Gasteiger partial charge >= 0.3 is 0 Å². The van der Waals surface area contributed by atoms with Crippen LogP contribution in [0.15, 0.2) is 23.1 Å². The maximum Gasteiger partial charge on any atom is 0.240 e. The third-order valence-corrected chi connectivity index (χ3v) is 4.34. The minimum atomic E-state index is -3.40. The Morgan fingerprint density at radius 2 is 2.12 bits per heavy atom. The van der Waals surface area contributed by atoms with Gasteiger partial charge in [-0.05, 0) is 44.9 Å². The first-order chi connectivity index (χ1) is 8.10. The first-order valence-corrected chi connectivity index (χ1v) is 7.27. The number of nitrogens with one attached hydrogen (secondary N) is 1. The molecule has 0 aliphatic heterocycles. The summed E-state index contributed by atoms with van der Waals surface area (Å²) in [4.78, 5) is 0.355. The molecule has 0 saturated heterocycles. The molecule has 0 atom stereocenters. The van der Waals surface area contributed by atoms with E-state index in [-0.39, 0.29) is 0 Å². The summed E-state index contributed by atoms with van der Waals surface area (Å²) in [5.41, 5.74) is 0.837. The van der Waals surface area contributed by atoms with E-state index in [1.807, 2.05) is 13.0 Å². The highest BCUT2D eigenvalue weighted by Crippen LogP contribution is 2.47. The second-order valence-electron chi connectivity index (χ2n) is 4.08. The zero-order valence-corrected chi connectivity index (χ0v) is 10.9. The average Bonchev–Trinajstić information content (AvgIpc) is 3.13. The Labute approximate surface area is 102 Å². The van der Waals surface area contributed by atoms with Crippen LogP contribution in [0.3, 0.4) is 0 Å². The molecule has 4 nitrogen and oxygen atoms in total. The van der Waals surface area contributed by atoms with Gasteiger partial charge in [0.2, 0.25) is 10.0 Å². The standard InChI is InChI=1S/C12H17NO3S/c1-3-16-10-5-4-6-11(17(14,15)13-2)12(10)9-7-8-9/h4-6,9,13H,3,7-8H2,1-2H3. The molecule has 2 rings (SSSR count). The van der Waals surface area contributed by atoms with E-state index in [9.17, 15) is 8.42 Å². The second-order valence-corrected chi connectivity index (χ2v) is 5.94. The van der Waals surface area contributed by atoms with Gasteiger partial charge in [0.25, 0.3) is 0 Å². The highest BCUT2D eigenvalue weighted by molar-refractivity contribution is 7.89. The quantitative estimate of drug-likeness (QED) is 0.874. The van der Waals surface area contributed by atoms with Crippen molar-refractivity contribution in [2.75, 3.05) is 13.7 Å². The fraction of sp³-hybridized carbons (Fsp3) is 0.500. The van der Waals surface area contributed by atoms with E-state index in [1.165, 1.54) is 7.05 Å². The zero-order chi connectivity index (χ0) is 12.5. The molecule has 0 unspecified atom stereocenters. The molecule has 1 aliphatic rings. The summed E-state index contributed by atoms with van der Waals surface area (Å²) in [6.45, 7) is 2.44. The molecule has 5 heteroatoms. The monoisotopic (exact) mass is 255 g/mol. The Morgan fingerprint density at radius 1 is 1.41 bits per heavy atom. The van der Waals surface area contributed by atoms with Crippen molar-refractivity contribution < 1.29 is 13.2 Å². The number of hydrogen-bond acceptors (Lipinski definition) is 3. The molecule has 0 spiro atoms. The Kier molecular flexibility index (Phi) is 3.40. The van der Waals surface area contributed by atoms with Crippen LogP contribution in [0.25, 0.3) is 0 Å². The fourth-order valence-corrected chi connectivity index (χ4v) is 2.96. The molecular formula is C12H17NO3S. The smallest absolute Gasteiger partial charge is 0.240 e. The molecule has 0 bridgehead atoms. The van der Waals surface area contributed by atoms with Crippen LogP contribution < -0.4 is 9.46 Å². The van der Waals surface area contributed by atoms with E-state index in [0.717, 1.165) is 18.4 Å². The summed E-state index contributed by atoms with van der Waals surface area (Å²) in [5, 5.41) is 0. The molecule has 94 valence electrons. The van der Waals surface area contributed by atoms with Crippen molar-refractivity contribution in [3.05, 3.63) is 23.8 Å². The molecule has 1 aromatic carbocycles. The lowest BCUT2D eigenvalue weighted by Crippen LogP contribution is -2.20. The van der Waals surface area contributed by atoms with Crippen LogP contribution in [0.2, 0.25) is 0 Å². The summed E-state index contributed by atoms with van der Waals surface area (Å²) in [6, 6.07) is 5.20. The Bertz CT molecular complexity index is 506. The maximum atomic E-state index is 11.9. The van der Waals surface area contributed by atoms with E-state index in [0.29, 0.717) is 23.2 Å². The van der Waals surface area contributed by atoms with E-state index >= 15 is 0 Å². The largest absolute Gasteiger partial charge is 0.494 e. The number of ether oxygens (including phenoxy) is 1. The number of rotatable bonds is 5. The van der Waals surface area contributed by atoms with Crippen molar-refractivity contribution in [2.24, 2.45) is 0 Å². The molecule has 1 saturated carbocycles. The average molecular weight is 255 g/mol. The molecule has 1 fully saturated rings. The summed E-state index contributed by atoms with van der Waals surface area (Å²) in [7, 11) is -1.97. The van der Waals surface area contributed by atoms with Crippen molar-refractivity contribution in [3.8, 4) is 5.75 Å². The highest BCUT2D eigenvalue weighted by atomic mass is 32.2. The van der Waals surface area contributed by atoms with Gasteiger partial charge in [-0.15, -0.1) is 0 Å². The van der Waals surface area contributed by atoms with Crippen molar-refractivity contribution in [1.82, 2.24) is 4.72 Å². The SMILES string of the molecule is CCOc1cccc(S(=O)(=O)NC)c1C1CC1. The normalized spacial score (nSPS) is 15.9. The highest BCUT2D eigenvalue weighted by Gasteiger charge is 2.32. The predicted octanol–water partition coefficient (Wildman–Crippen LogP) is 1.87. The van der Waals surface area contributed by atoms with Gasteiger partial charge in [0.05, 0.1) is 11.5 Å². The molecule has 1 N–H and O–H groups in total. The number of hydrogen-bond donors (Lipinski definition) is 1. The lowest BCUT2D eigenvalue weighted by atomic mass is 10.1. The Hall–Kier alpha value is -1.07. The summed E-state index contributed by atoms with van der Waals surface area (Å²) in [6.07, 6.45) is 2.08. The van der Waals surface area contributed by atoms with Crippen molar-refractivity contribution in [1.29, 1.82) is 0 Å². The van der Waals surface area contributed by atoms with Gasteiger partial charge in [0.1, 0.15) is 5.75 Å². The van der Waals surface area contributed by atoms with Crippen molar-refractivity contribution in [2.45, 2.75) is 30.6 Å². The molecule has 1 aromatic rings. The molecule has 0 heterocycles. The minimum absolute atomic E-state index is 0.330. The Morgan fingerprint density at radius 3 is 2.65 bits per heavy atom. The van der Waals surface area contributed by atoms with Gasteiger partial charge in [0, 0.05) is 5.56 Å². The summed E-state index contributed by atoms with van der Waals surface area (Å²) < 4.78 is 31.8. The van der Waals surface area contributed by atoms with Gasteiger partial charge in [-0.3, -0.25) is 0 Å². The van der Waals surface area contributed by atoms with Crippen LogP contribution >= 0.6 is 0 Å². The fourth-order valence-electron chi connectivity index (χ4n) is 1.92. The van der Waals surface area contributed by atoms with Crippen LogP contribution in [0.4, 0.5) is 0 Å². The van der Waals surface area contributed by atoms with Crippen LogP contribution in [0.1, 0.15) is 31.2 Å². The third-order valence-electron chi connectivity index (χ3n) is 2.87. The summed E-state index contributed by atoms with van der Waals surface area (Å²) in [5.74, 6) is 1.03. The molecule has 17 heavy (non-hydrogen) atoms. The van der Waals surface area contributed by atoms with Crippen LogP contribution in [-0.4, -0.2) is 22.1 Å². The third kappa shape index (κ3) is 2.45. The van der Waals surface area contributed by atoms with Crippen LogP contribution in [0, 0.1) is 0 Å². The van der Waals surface area contributed by atoms with E-state index in [2.05, 4.69) is 4.72 Å². The van der Waals surface area contributed by atoms with E-state index in [4.69, 9.17) is 4.74 Å². The molecule has 0 radical (unpaired) electrons. The van der Waals surface area contributed by atoms with Crippen LogP contribution in [-0.2, 0) is 10.0 Å². The predicted molar refractivity (Wildman–Crippen MR) is 65.8 cm³/mol. The second kappa shape index (κ2) is 4.66.